The van der Waals surface area contributed by atoms with E-state index in [9.17, 15) is 4.79 Å². The molecule has 0 saturated heterocycles. The van der Waals surface area contributed by atoms with Crippen LogP contribution < -0.4 is 0 Å². The van der Waals surface area contributed by atoms with Gasteiger partial charge in [-0.2, -0.15) is 0 Å². The third kappa shape index (κ3) is 2.58. The number of carbonyl (C=O) groups is 1. The minimum absolute atomic E-state index is 0.178. The molecule has 0 aromatic heterocycles. The quantitative estimate of drug-likeness (QED) is 0.763. The molecule has 19 heavy (non-hydrogen) atoms. The molecule has 0 radical (unpaired) electrons. The fourth-order valence-electron chi connectivity index (χ4n) is 2.25. The predicted molar refractivity (Wildman–Crippen MR) is 74.8 cm³/mol. The van der Waals surface area contributed by atoms with Crippen molar-refractivity contribution in [1.29, 1.82) is 0 Å². The van der Waals surface area contributed by atoms with E-state index in [1.165, 1.54) is 0 Å². The van der Waals surface area contributed by atoms with Gasteiger partial charge >= 0.3 is 5.97 Å². The van der Waals surface area contributed by atoms with E-state index in [2.05, 4.69) is 0 Å². The first-order valence-electron chi connectivity index (χ1n) is 6.35. The number of carbonyl (C=O) groups excluding carboxylic acids is 1. The maximum Gasteiger partial charge on any atom is 0.339 e. The number of esters is 1. The van der Waals surface area contributed by atoms with Gasteiger partial charge in [-0.3, -0.25) is 0 Å². The number of cyclic esters (lactones) is 1. The van der Waals surface area contributed by atoms with Gasteiger partial charge in [-0.25, -0.2) is 4.79 Å². The molecular weight excluding hydrogens is 236 g/mol. The Bertz CT molecular complexity index is 614. The van der Waals surface area contributed by atoms with Crippen molar-refractivity contribution in [2.24, 2.45) is 0 Å². The Morgan fingerprint density at radius 2 is 1.74 bits per heavy atom. The number of rotatable bonds is 2. The Hall–Kier alpha value is -2.35. The minimum Gasteiger partial charge on any atom is -0.454 e. The summed E-state index contributed by atoms with van der Waals surface area (Å²) >= 11 is 0. The standard InChI is InChI=1S/C17H14O2/c18-17-16-9-5-4-8-14(16)12-15(19-17)11-10-13-6-2-1-3-7-13/h1-11,15H,12H2/t15-/m0/s1. The third-order valence-corrected chi connectivity index (χ3v) is 3.22. The molecule has 0 saturated carbocycles. The second kappa shape index (κ2) is 5.11. The van der Waals surface area contributed by atoms with E-state index in [0.717, 1.165) is 17.5 Å². The molecule has 3 rings (SSSR count). The van der Waals surface area contributed by atoms with Crippen LogP contribution in [-0.4, -0.2) is 12.1 Å². The minimum atomic E-state index is -0.232. The van der Waals surface area contributed by atoms with Crippen molar-refractivity contribution in [3.05, 3.63) is 77.4 Å². The maximum atomic E-state index is 11.9. The zero-order valence-electron chi connectivity index (χ0n) is 10.5. The highest BCUT2D eigenvalue weighted by atomic mass is 16.5. The Morgan fingerprint density at radius 3 is 2.58 bits per heavy atom. The average molecular weight is 250 g/mol. The van der Waals surface area contributed by atoms with E-state index in [0.29, 0.717) is 5.56 Å². The molecule has 2 heteroatoms. The van der Waals surface area contributed by atoms with Crippen LogP contribution in [0.3, 0.4) is 0 Å². The molecule has 0 bridgehead atoms. The van der Waals surface area contributed by atoms with E-state index in [1.807, 2.05) is 66.7 Å². The van der Waals surface area contributed by atoms with Crippen LogP contribution in [-0.2, 0) is 11.2 Å². The molecule has 2 aromatic carbocycles. The van der Waals surface area contributed by atoms with Crippen molar-refractivity contribution in [3.63, 3.8) is 0 Å². The molecule has 1 atom stereocenters. The van der Waals surface area contributed by atoms with Crippen molar-refractivity contribution in [2.45, 2.75) is 12.5 Å². The van der Waals surface area contributed by atoms with Gasteiger partial charge in [0, 0.05) is 6.42 Å². The number of ether oxygens (including phenoxy) is 1. The number of hydrogen-bond acceptors (Lipinski definition) is 2. The first kappa shape index (κ1) is 11.7. The molecule has 0 aliphatic carbocycles. The van der Waals surface area contributed by atoms with Crippen LogP contribution in [0.2, 0.25) is 0 Å². The van der Waals surface area contributed by atoms with Crippen molar-refractivity contribution in [3.8, 4) is 0 Å². The lowest BCUT2D eigenvalue weighted by Crippen LogP contribution is -2.25. The van der Waals surface area contributed by atoms with Crippen molar-refractivity contribution < 1.29 is 9.53 Å². The third-order valence-electron chi connectivity index (χ3n) is 3.22. The van der Waals surface area contributed by atoms with E-state index < -0.39 is 0 Å². The van der Waals surface area contributed by atoms with Crippen molar-refractivity contribution in [2.75, 3.05) is 0 Å². The monoisotopic (exact) mass is 250 g/mol. The normalized spacial score (nSPS) is 18.1. The molecule has 94 valence electrons. The lowest BCUT2D eigenvalue weighted by atomic mass is 9.98. The fraction of sp³-hybridized carbons (Fsp3) is 0.118. The molecular formula is C17H14O2. The van der Waals surface area contributed by atoms with Gasteiger partial charge in [0.25, 0.3) is 0 Å². The van der Waals surface area contributed by atoms with Gasteiger partial charge in [-0.15, -0.1) is 0 Å². The molecule has 1 aliphatic heterocycles. The molecule has 0 amide bonds. The smallest absolute Gasteiger partial charge is 0.339 e. The lowest BCUT2D eigenvalue weighted by Gasteiger charge is -2.22. The highest BCUT2D eigenvalue weighted by Crippen LogP contribution is 2.21. The van der Waals surface area contributed by atoms with Gasteiger partial charge in [0.1, 0.15) is 6.10 Å². The van der Waals surface area contributed by atoms with Crippen molar-refractivity contribution >= 4 is 12.0 Å². The summed E-state index contributed by atoms with van der Waals surface area (Å²) in [5.41, 5.74) is 2.85. The van der Waals surface area contributed by atoms with E-state index in [-0.39, 0.29) is 12.1 Å². The second-order valence-electron chi connectivity index (χ2n) is 4.57. The zero-order chi connectivity index (χ0) is 13.1. The molecule has 0 spiro atoms. The average Bonchev–Trinajstić information content (AvgIpc) is 2.46. The van der Waals surface area contributed by atoms with Crippen LogP contribution in [0, 0.1) is 0 Å². The molecule has 0 unspecified atom stereocenters. The second-order valence-corrected chi connectivity index (χ2v) is 4.57. The fourth-order valence-corrected chi connectivity index (χ4v) is 2.25. The zero-order valence-corrected chi connectivity index (χ0v) is 10.5. The largest absolute Gasteiger partial charge is 0.454 e. The molecule has 1 heterocycles. The van der Waals surface area contributed by atoms with Gasteiger partial charge in [-0.1, -0.05) is 54.6 Å². The summed E-state index contributed by atoms with van der Waals surface area (Å²) in [4.78, 5) is 11.9. The predicted octanol–water partition coefficient (Wildman–Crippen LogP) is 3.48. The summed E-state index contributed by atoms with van der Waals surface area (Å²) in [6, 6.07) is 17.6. The summed E-state index contributed by atoms with van der Waals surface area (Å²) in [5, 5.41) is 0. The summed E-state index contributed by atoms with van der Waals surface area (Å²) in [5.74, 6) is -0.232. The van der Waals surface area contributed by atoms with E-state index in [4.69, 9.17) is 4.74 Å². The van der Waals surface area contributed by atoms with Gasteiger partial charge in [0.05, 0.1) is 5.56 Å². The lowest BCUT2D eigenvalue weighted by molar-refractivity contribution is 0.0359. The topological polar surface area (TPSA) is 26.3 Å². The Morgan fingerprint density at radius 1 is 1.00 bits per heavy atom. The summed E-state index contributed by atoms with van der Waals surface area (Å²) < 4.78 is 5.41. The van der Waals surface area contributed by atoms with Gasteiger partial charge in [-0.05, 0) is 23.3 Å². The first-order chi connectivity index (χ1) is 9.33. The highest BCUT2D eigenvalue weighted by molar-refractivity contribution is 5.92. The van der Waals surface area contributed by atoms with E-state index >= 15 is 0 Å². The molecule has 1 aliphatic rings. The Balaban J connectivity index is 1.79. The summed E-state index contributed by atoms with van der Waals surface area (Å²) in [6.45, 7) is 0. The van der Waals surface area contributed by atoms with Gasteiger partial charge in [0.15, 0.2) is 0 Å². The number of fused-ring (bicyclic) bond motifs is 1. The van der Waals surface area contributed by atoms with Crippen LogP contribution in [0.5, 0.6) is 0 Å². The first-order valence-corrected chi connectivity index (χ1v) is 6.35. The number of benzene rings is 2. The van der Waals surface area contributed by atoms with Gasteiger partial charge in [0.2, 0.25) is 0 Å². The maximum absolute atomic E-state index is 11.9. The molecule has 2 nitrogen and oxygen atoms in total. The summed E-state index contributed by atoms with van der Waals surface area (Å²) in [6.07, 6.45) is 4.50. The summed E-state index contributed by atoms with van der Waals surface area (Å²) in [7, 11) is 0. The van der Waals surface area contributed by atoms with Crippen LogP contribution in [0.15, 0.2) is 60.7 Å². The SMILES string of the molecule is O=C1O[C@@H](C=Cc2ccccc2)Cc2ccccc21. The van der Waals surface area contributed by atoms with Crippen LogP contribution in [0.4, 0.5) is 0 Å². The van der Waals surface area contributed by atoms with Crippen LogP contribution in [0.1, 0.15) is 21.5 Å². The molecule has 2 aromatic rings. The number of hydrogen-bond donors (Lipinski definition) is 0. The van der Waals surface area contributed by atoms with Crippen molar-refractivity contribution in [1.82, 2.24) is 0 Å². The van der Waals surface area contributed by atoms with Crippen LogP contribution in [0.25, 0.3) is 6.08 Å². The Kier molecular flexibility index (Phi) is 3.15. The van der Waals surface area contributed by atoms with Crippen LogP contribution >= 0.6 is 0 Å². The highest BCUT2D eigenvalue weighted by Gasteiger charge is 2.23. The Labute approximate surface area is 112 Å². The van der Waals surface area contributed by atoms with E-state index in [1.54, 1.807) is 0 Å². The molecule has 0 N–H and O–H groups in total. The molecule has 0 fully saturated rings. The van der Waals surface area contributed by atoms with Gasteiger partial charge < -0.3 is 4.74 Å².